The average Bonchev–Trinajstić information content (AvgIpc) is 3.04. The summed E-state index contributed by atoms with van der Waals surface area (Å²) >= 11 is 1.28. The third-order valence-electron chi connectivity index (χ3n) is 3.36. The Morgan fingerprint density at radius 1 is 1.20 bits per heavy atom. The molecule has 7 heteroatoms. The number of aromatic nitrogens is 1. The van der Waals surface area contributed by atoms with Crippen LogP contribution in [0.5, 0.6) is 11.5 Å². The molecule has 3 rings (SSSR count). The summed E-state index contributed by atoms with van der Waals surface area (Å²) in [4.78, 5) is 16.6. The van der Waals surface area contributed by atoms with Crippen LogP contribution in [0.3, 0.4) is 0 Å². The summed E-state index contributed by atoms with van der Waals surface area (Å²) in [5, 5.41) is 0.330. The Hall–Kier alpha value is -2.80. The van der Waals surface area contributed by atoms with Crippen molar-refractivity contribution in [1.82, 2.24) is 4.98 Å². The van der Waals surface area contributed by atoms with Gasteiger partial charge in [-0.2, -0.15) is 8.78 Å². The van der Waals surface area contributed by atoms with Gasteiger partial charge >= 0.3 is 6.61 Å². The van der Waals surface area contributed by atoms with Crippen LogP contribution in [0.25, 0.3) is 16.3 Å². The van der Waals surface area contributed by atoms with E-state index in [9.17, 15) is 13.6 Å². The van der Waals surface area contributed by atoms with Crippen molar-refractivity contribution in [1.29, 1.82) is 0 Å². The van der Waals surface area contributed by atoms with E-state index in [-0.39, 0.29) is 17.3 Å². The van der Waals surface area contributed by atoms with Gasteiger partial charge in [0.1, 0.15) is 0 Å². The van der Waals surface area contributed by atoms with Crippen LogP contribution >= 0.6 is 11.3 Å². The summed E-state index contributed by atoms with van der Waals surface area (Å²) in [7, 11) is 1.35. The van der Waals surface area contributed by atoms with Gasteiger partial charge < -0.3 is 9.47 Å². The minimum Gasteiger partial charge on any atom is -0.493 e. The number of rotatable bonds is 6. The number of fused-ring (bicyclic) bond motifs is 1. The zero-order valence-electron chi connectivity index (χ0n) is 13.1. The lowest BCUT2D eigenvalue weighted by molar-refractivity contribution is -0.0513. The van der Waals surface area contributed by atoms with E-state index in [1.54, 1.807) is 12.1 Å². The zero-order chi connectivity index (χ0) is 17.8. The second-order valence-corrected chi connectivity index (χ2v) is 5.97. The number of hydrogen-bond donors (Lipinski definition) is 0. The van der Waals surface area contributed by atoms with E-state index >= 15 is 0 Å². The molecule has 4 nitrogen and oxygen atoms in total. The van der Waals surface area contributed by atoms with Crippen LogP contribution < -0.4 is 9.47 Å². The first kappa shape index (κ1) is 17.0. The van der Waals surface area contributed by atoms with Crippen molar-refractivity contribution in [3.05, 3.63) is 59.1 Å². The maximum absolute atomic E-state index is 12.6. The summed E-state index contributed by atoms with van der Waals surface area (Å²) in [6.07, 6.45) is 2.69. The molecule has 0 spiro atoms. The number of ketones is 1. The van der Waals surface area contributed by atoms with Gasteiger partial charge in [-0.1, -0.05) is 24.3 Å². The molecule has 0 amide bonds. The highest BCUT2D eigenvalue weighted by Crippen LogP contribution is 2.33. The Bertz CT molecular complexity index is 904. The van der Waals surface area contributed by atoms with Gasteiger partial charge in [-0.15, -0.1) is 11.3 Å². The highest BCUT2D eigenvalue weighted by atomic mass is 32.1. The number of carbonyl (C=O) groups excluding carboxylic acids is 1. The first-order valence-electron chi connectivity index (χ1n) is 7.28. The Morgan fingerprint density at radius 3 is 2.72 bits per heavy atom. The van der Waals surface area contributed by atoms with Gasteiger partial charge in [-0.25, -0.2) is 4.98 Å². The number of carbonyl (C=O) groups is 1. The van der Waals surface area contributed by atoms with Gasteiger partial charge in [0, 0.05) is 5.56 Å². The molecule has 0 aliphatic rings. The van der Waals surface area contributed by atoms with Crippen molar-refractivity contribution in [3.8, 4) is 11.5 Å². The van der Waals surface area contributed by atoms with Gasteiger partial charge in [0.15, 0.2) is 16.5 Å². The Morgan fingerprint density at radius 2 is 2.00 bits per heavy atom. The third kappa shape index (κ3) is 3.83. The third-order valence-corrected chi connectivity index (χ3v) is 4.41. The SMILES string of the molecule is COc1cccc(C=CC(=O)c2nc3ccccc3s2)c1OC(F)F. The van der Waals surface area contributed by atoms with E-state index in [2.05, 4.69) is 9.72 Å². The summed E-state index contributed by atoms with van der Waals surface area (Å²) in [5.74, 6) is -0.268. The lowest BCUT2D eigenvalue weighted by Crippen LogP contribution is -2.05. The number of ether oxygens (including phenoxy) is 2. The van der Waals surface area contributed by atoms with Crippen LogP contribution in [0, 0.1) is 0 Å². The molecule has 0 fully saturated rings. The van der Waals surface area contributed by atoms with E-state index in [0.29, 0.717) is 10.6 Å². The highest BCUT2D eigenvalue weighted by molar-refractivity contribution is 7.20. The Kier molecular flexibility index (Phi) is 5.04. The van der Waals surface area contributed by atoms with Crippen LogP contribution in [-0.4, -0.2) is 24.5 Å². The van der Waals surface area contributed by atoms with Crippen molar-refractivity contribution in [2.45, 2.75) is 6.61 Å². The van der Waals surface area contributed by atoms with Crippen molar-refractivity contribution in [2.75, 3.05) is 7.11 Å². The number of thiazole rings is 1. The molecule has 0 saturated carbocycles. The van der Waals surface area contributed by atoms with E-state index in [1.807, 2.05) is 24.3 Å². The number of allylic oxidation sites excluding steroid dienone is 1. The quantitative estimate of drug-likeness (QED) is 0.467. The maximum atomic E-state index is 12.6. The molecule has 128 valence electrons. The van der Waals surface area contributed by atoms with Gasteiger partial charge in [0.2, 0.25) is 5.78 Å². The summed E-state index contributed by atoms with van der Waals surface area (Å²) in [5.41, 5.74) is 1.06. The fourth-order valence-corrected chi connectivity index (χ4v) is 3.14. The molecule has 25 heavy (non-hydrogen) atoms. The molecule has 0 bridgehead atoms. The summed E-state index contributed by atoms with van der Waals surface area (Å²) < 4.78 is 35.7. The predicted octanol–water partition coefficient (Wildman–Crippen LogP) is 4.80. The van der Waals surface area contributed by atoms with Gasteiger partial charge in [-0.05, 0) is 30.4 Å². The van der Waals surface area contributed by atoms with Crippen molar-refractivity contribution in [2.24, 2.45) is 0 Å². The molecule has 0 aliphatic carbocycles. The van der Waals surface area contributed by atoms with Crippen LogP contribution in [0.15, 0.2) is 48.5 Å². The van der Waals surface area contributed by atoms with E-state index in [0.717, 1.165) is 10.2 Å². The number of nitrogens with zero attached hydrogens (tertiary/aromatic N) is 1. The fraction of sp³-hybridized carbons (Fsp3) is 0.111. The maximum Gasteiger partial charge on any atom is 0.387 e. The minimum atomic E-state index is -3.00. The van der Waals surface area contributed by atoms with E-state index in [1.165, 1.54) is 36.7 Å². The average molecular weight is 361 g/mol. The second-order valence-electron chi connectivity index (χ2n) is 4.94. The molecule has 3 aromatic rings. The standard InChI is InChI=1S/C18H13F2NO3S/c1-23-14-7-4-5-11(16(14)24-18(19)20)9-10-13(22)17-21-12-6-2-3-8-15(12)25-17/h2-10,18H,1H3. The normalized spacial score (nSPS) is 11.4. The fourth-order valence-electron chi connectivity index (χ4n) is 2.25. The number of alkyl halides is 2. The summed E-state index contributed by atoms with van der Waals surface area (Å²) in [6.45, 7) is -3.00. The topological polar surface area (TPSA) is 48.4 Å². The smallest absolute Gasteiger partial charge is 0.387 e. The molecule has 0 aliphatic heterocycles. The molecule has 0 saturated heterocycles. The van der Waals surface area contributed by atoms with E-state index < -0.39 is 6.61 Å². The second kappa shape index (κ2) is 7.40. The number of halogens is 2. The van der Waals surface area contributed by atoms with Gasteiger partial charge in [-0.3, -0.25) is 4.79 Å². The molecule has 0 atom stereocenters. The molecule has 1 heterocycles. The first-order valence-corrected chi connectivity index (χ1v) is 8.10. The largest absolute Gasteiger partial charge is 0.493 e. The van der Waals surface area contributed by atoms with Gasteiger partial charge in [0.05, 0.1) is 17.3 Å². The molecule has 1 aromatic heterocycles. The van der Waals surface area contributed by atoms with Gasteiger partial charge in [0.25, 0.3) is 0 Å². The molecule has 0 radical (unpaired) electrons. The monoisotopic (exact) mass is 361 g/mol. The number of hydrogen-bond acceptors (Lipinski definition) is 5. The van der Waals surface area contributed by atoms with Crippen molar-refractivity contribution < 1.29 is 23.0 Å². The highest BCUT2D eigenvalue weighted by Gasteiger charge is 2.15. The van der Waals surface area contributed by atoms with E-state index in [4.69, 9.17) is 4.74 Å². The first-order chi connectivity index (χ1) is 12.1. The van der Waals surface area contributed by atoms with Crippen LogP contribution in [0.1, 0.15) is 15.4 Å². The minimum absolute atomic E-state index is 0.117. The van der Waals surface area contributed by atoms with Crippen LogP contribution in [-0.2, 0) is 0 Å². The lowest BCUT2D eigenvalue weighted by atomic mass is 10.1. The zero-order valence-corrected chi connectivity index (χ0v) is 13.9. The molecule has 2 aromatic carbocycles. The number of para-hydroxylation sites is 2. The van der Waals surface area contributed by atoms with Crippen molar-refractivity contribution in [3.63, 3.8) is 0 Å². The van der Waals surface area contributed by atoms with Crippen LogP contribution in [0.4, 0.5) is 8.78 Å². The number of benzene rings is 2. The lowest BCUT2D eigenvalue weighted by Gasteiger charge is -2.12. The van der Waals surface area contributed by atoms with Crippen LogP contribution in [0.2, 0.25) is 0 Å². The number of methoxy groups -OCH3 is 1. The molecular weight excluding hydrogens is 348 g/mol. The van der Waals surface area contributed by atoms with Crippen molar-refractivity contribution >= 4 is 33.4 Å². The molecular formula is C18H13F2NO3S. The Balaban J connectivity index is 1.89. The molecule has 0 N–H and O–H groups in total. The summed E-state index contributed by atoms with van der Waals surface area (Å²) in [6, 6.07) is 12.1. The Labute approximate surface area is 146 Å². The predicted molar refractivity (Wildman–Crippen MR) is 92.6 cm³/mol. The molecule has 0 unspecified atom stereocenters.